The third kappa shape index (κ3) is 5.52. The number of rotatable bonds is 8. The number of hydrogen-bond donors (Lipinski definition) is 1. The van der Waals surface area contributed by atoms with E-state index in [1.165, 1.54) is 20.2 Å². The summed E-state index contributed by atoms with van der Waals surface area (Å²) in [4.78, 5) is 12.4. The number of carbonyl (C=O) groups excluding carboxylic acids is 1. The number of nitrogens with one attached hydrogen (secondary N) is 1. The third-order valence-corrected chi connectivity index (χ3v) is 6.69. The van der Waals surface area contributed by atoms with Gasteiger partial charge in [-0.2, -0.15) is 5.26 Å². The summed E-state index contributed by atoms with van der Waals surface area (Å²) in [5.41, 5.74) is 3.03. The van der Waals surface area contributed by atoms with Crippen LogP contribution in [0, 0.1) is 11.3 Å². The molecule has 0 aliphatic heterocycles. The summed E-state index contributed by atoms with van der Waals surface area (Å²) in [6, 6.07) is 23.2. The lowest BCUT2D eigenvalue weighted by molar-refractivity contribution is -0.123. The molecule has 0 aliphatic carbocycles. The maximum Gasteiger partial charge on any atom is 0.258 e. The van der Waals surface area contributed by atoms with Gasteiger partial charge in [0.2, 0.25) is 10.0 Å². The number of nitrogens with zero attached hydrogens (tertiary/aromatic N) is 2. The zero-order valence-corrected chi connectivity index (χ0v) is 18.6. The van der Waals surface area contributed by atoms with Crippen LogP contribution in [-0.4, -0.2) is 39.3 Å². The molecule has 3 rings (SSSR count). The van der Waals surface area contributed by atoms with Crippen LogP contribution in [-0.2, 0) is 21.4 Å². The molecule has 0 saturated heterocycles. The standard InChI is InChI=1S/C24H23N3O4S/c1-27(2)32(29,30)23-6-4-3-5-21(23)16-26-24(28)17-31-22-13-11-20(12-14-22)19-9-7-18(15-25)8-10-19/h3-14H,16-17H2,1-2H3,(H,26,28). The second kappa shape index (κ2) is 10.1. The van der Waals surface area contributed by atoms with Crippen molar-refractivity contribution >= 4 is 15.9 Å². The number of sulfonamides is 1. The van der Waals surface area contributed by atoms with Crippen molar-refractivity contribution in [2.24, 2.45) is 0 Å². The summed E-state index contributed by atoms with van der Waals surface area (Å²) in [7, 11) is -0.680. The van der Waals surface area contributed by atoms with Crippen LogP contribution in [0.25, 0.3) is 11.1 Å². The van der Waals surface area contributed by atoms with Crippen molar-refractivity contribution < 1.29 is 17.9 Å². The van der Waals surface area contributed by atoms with Crippen LogP contribution in [0.3, 0.4) is 0 Å². The fraction of sp³-hybridized carbons (Fsp3) is 0.167. The van der Waals surface area contributed by atoms with Crippen LogP contribution in [0.1, 0.15) is 11.1 Å². The number of hydrogen-bond acceptors (Lipinski definition) is 5. The molecule has 0 atom stereocenters. The first-order chi connectivity index (χ1) is 15.3. The molecular formula is C24H23N3O4S. The Kier molecular flexibility index (Phi) is 7.25. The summed E-state index contributed by atoms with van der Waals surface area (Å²) in [6.07, 6.45) is 0. The lowest BCUT2D eigenvalue weighted by Gasteiger charge is -2.15. The Morgan fingerprint density at radius 3 is 2.16 bits per heavy atom. The summed E-state index contributed by atoms with van der Waals surface area (Å²) in [5, 5.41) is 11.6. The second-order valence-electron chi connectivity index (χ2n) is 7.17. The number of benzene rings is 3. The van der Waals surface area contributed by atoms with Gasteiger partial charge in [0, 0.05) is 20.6 Å². The minimum Gasteiger partial charge on any atom is -0.484 e. The third-order valence-electron chi connectivity index (χ3n) is 4.78. The number of ether oxygens (including phenoxy) is 1. The molecule has 0 unspecified atom stereocenters. The van der Waals surface area contributed by atoms with Gasteiger partial charge in [-0.3, -0.25) is 4.79 Å². The molecule has 0 radical (unpaired) electrons. The highest BCUT2D eigenvalue weighted by Crippen LogP contribution is 2.23. The van der Waals surface area contributed by atoms with Crippen molar-refractivity contribution in [1.29, 1.82) is 5.26 Å². The molecular weight excluding hydrogens is 426 g/mol. The molecule has 0 bridgehead atoms. The van der Waals surface area contributed by atoms with Gasteiger partial charge in [0.25, 0.3) is 5.91 Å². The summed E-state index contributed by atoms with van der Waals surface area (Å²) in [5.74, 6) is 0.173. The van der Waals surface area contributed by atoms with Gasteiger partial charge >= 0.3 is 0 Å². The van der Waals surface area contributed by atoms with E-state index in [1.54, 1.807) is 42.5 Å². The van der Waals surface area contributed by atoms with Crippen molar-refractivity contribution in [3.8, 4) is 22.9 Å². The van der Waals surface area contributed by atoms with Gasteiger partial charge in [-0.25, -0.2) is 12.7 Å². The van der Waals surface area contributed by atoms with Gasteiger partial charge in [-0.1, -0.05) is 42.5 Å². The van der Waals surface area contributed by atoms with Crippen LogP contribution in [0.5, 0.6) is 5.75 Å². The van der Waals surface area contributed by atoms with E-state index < -0.39 is 10.0 Å². The Morgan fingerprint density at radius 2 is 1.56 bits per heavy atom. The first-order valence-electron chi connectivity index (χ1n) is 9.82. The first kappa shape index (κ1) is 23.0. The van der Waals surface area contributed by atoms with Crippen LogP contribution in [0.15, 0.2) is 77.7 Å². The van der Waals surface area contributed by atoms with Crippen molar-refractivity contribution in [2.75, 3.05) is 20.7 Å². The summed E-state index contributed by atoms with van der Waals surface area (Å²) < 4.78 is 31.6. The number of carbonyl (C=O) groups is 1. The van der Waals surface area contributed by atoms with Gasteiger partial charge in [0.05, 0.1) is 16.5 Å². The highest BCUT2D eigenvalue weighted by molar-refractivity contribution is 7.89. The minimum absolute atomic E-state index is 0.0725. The topological polar surface area (TPSA) is 99.5 Å². The average molecular weight is 450 g/mol. The molecule has 1 N–H and O–H groups in total. The normalized spacial score (nSPS) is 11.1. The Hall–Kier alpha value is -3.67. The van der Waals surface area contributed by atoms with Crippen LogP contribution in [0.2, 0.25) is 0 Å². The quantitative estimate of drug-likeness (QED) is 0.569. The highest BCUT2D eigenvalue weighted by Gasteiger charge is 2.20. The lowest BCUT2D eigenvalue weighted by atomic mass is 10.0. The summed E-state index contributed by atoms with van der Waals surface area (Å²) in [6.45, 7) is -0.123. The summed E-state index contributed by atoms with van der Waals surface area (Å²) >= 11 is 0. The van der Waals surface area contributed by atoms with Gasteiger partial charge in [0.15, 0.2) is 6.61 Å². The molecule has 1 amide bonds. The fourth-order valence-electron chi connectivity index (χ4n) is 2.97. The number of nitriles is 1. The smallest absolute Gasteiger partial charge is 0.258 e. The zero-order valence-electron chi connectivity index (χ0n) is 17.8. The second-order valence-corrected chi connectivity index (χ2v) is 9.29. The lowest BCUT2D eigenvalue weighted by Crippen LogP contribution is -2.30. The predicted molar refractivity (Wildman–Crippen MR) is 121 cm³/mol. The Balaban J connectivity index is 1.56. The van der Waals surface area contributed by atoms with Crippen LogP contribution in [0.4, 0.5) is 0 Å². The average Bonchev–Trinajstić information content (AvgIpc) is 2.82. The van der Waals surface area contributed by atoms with E-state index >= 15 is 0 Å². The van der Waals surface area contributed by atoms with Crippen LogP contribution < -0.4 is 10.1 Å². The highest BCUT2D eigenvalue weighted by atomic mass is 32.2. The van der Waals surface area contributed by atoms with Gasteiger partial charge in [-0.15, -0.1) is 0 Å². The van der Waals surface area contributed by atoms with E-state index in [9.17, 15) is 13.2 Å². The molecule has 7 nitrogen and oxygen atoms in total. The molecule has 8 heteroatoms. The molecule has 0 aromatic heterocycles. The van der Waals surface area contributed by atoms with E-state index in [0.29, 0.717) is 16.9 Å². The monoisotopic (exact) mass is 449 g/mol. The van der Waals surface area contributed by atoms with Gasteiger partial charge < -0.3 is 10.1 Å². The van der Waals surface area contributed by atoms with Crippen molar-refractivity contribution in [3.63, 3.8) is 0 Å². The van der Waals surface area contributed by atoms with Crippen molar-refractivity contribution in [2.45, 2.75) is 11.4 Å². The fourth-order valence-corrected chi connectivity index (χ4v) is 4.09. The molecule has 164 valence electrons. The van der Waals surface area contributed by atoms with Crippen LogP contribution >= 0.6 is 0 Å². The zero-order chi connectivity index (χ0) is 23.1. The molecule has 0 spiro atoms. The van der Waals surface area contributed by atoms with Gasteiger partial charge in [0.1, 0.15) is 5.75 Å². The van der Waals surface area contributed by atoms with Crippen molar-refractivity contribution in [1.82, 2.24) is 9.62 Å². The number of amides is 1. The van der Waals surface area contributed by atoms with Crippen molar-refractivity contribution in [3.05, 3.63) is 83.9 Å². The Bertz CT molecular complexity index is 1230. The largest absolute Gasteiger partial charge is 0.484 e. The van der Waals surface area contributed by atoms with E-state index in [-0.39, 0.29) is 24.0 Å². The molecule has 32 heavy (non-hydrogen) atoms. The minimum atomic E-state index is -3.61. The molecule has 0 saturated carbocycles. The molecule has 3 aromatic carbocycles. The van der Waals surface area contributed by atoms with E-state index in [0.717, 1.165) is 15.4 Å². The molecule has 3 aromatic rings. The van der Waals surface area contributed by atoms with E-state index in [4.69, 9.17) is 10.00 Å². The van der Waals surface area contributed by atoms with E-state index in [1.807, 2.05) is 24.3 Å². The Morgan fingerprint density at radius 1 is 0.969 bits per heavy atom. The van der Waals surface area contributed by atoms with E-state index in [2.05, 4.69) is 11.4 Å². The predicted octanol–water partition coefficient (Wildman–Crippen LogP) is 3.17. The molecule has 0 heterocycles. The SMILES string of the molecule is CN(C)S(=O)(=O)c1ccccc1CNC(=O)COc1ccc(-c2ccc(C#N)cc2)cc1. The molecule has 0 aliphatic rings. The maximum atomic E-state index is 12.4. The maximum absolute atomic E-state index is 12.4. The molecule has 0 fully saturated rings. The van der Waals surface area contributed by atoms with Gasteiger partial charge in [-0.05, 0) is 47.0 Å². The Labute approximate surface area is 187 Å². The first-order valence-corrected chi connectivity index (χ1v) is 11.3.